The molecule has 7 heteroatoms. The van der Waals surface area contributed by atoms with Crippen LogP contribution in [0.15, 0.2) is 29.2 Å². The van der Waals surface area contributed by atoms with E-state index in [0.717, 1.165) is 0 Å². The van der Waals surface area contributed by atoms with Crippen molar-refractivity contribution in [2.24, 2.45) is 0 Å². The third-order valence-corrected chi connectivity index (χ3v) is 3.41. The summed E-state index contributed by atoms with van der Waals surface area (Å²) in [6.45, 7) is 1.68. The molecule has 0 atom stereocenters. The molecule has 1 heterocycles. The number of halogens is 1. The van der Waals surface area contributed by atoms with Gasteiger partial charge in [-0.1, -0.05) is 11.6 Å². The Kier molecular flexibility index (Phi) is 4.72. The van der Waals surface area contributed by atoms with E-state index in [-0.39, 0.29) is 5.56 Å². The minimum atomic E-state index is -0.540. The van der Waals surface area contributed by atoms with Gasteiger partial charge in [0, 0.05) is 18.3 Å². The van der Waals surface area contributed by atoms with E-state index >= 15 is 0 Å². The van der Waals surface area contributed by atoms with Crippen molar-refractivity contribution in [1.82, 2.24) is 4.98 Å². The number of hydrogen-bond donors (Lipinski definition) is 2. The Bertz CT molecular complexity index is 771. The monoisotopic (exact) mass is 322 g/mol. The van der Waals surface area contributed by atoms with Crippen LogP contribution in [0.4, 0.5) is 5.69 Å². The van der Waals surface area contributed by atoms with Gasteiger partial charge in [0.15, 0.2) is 0 Å². The summed E-state index contributed by atoms with van der Waals surface area (Å²) < 4.78 is 10.3. The predicted octanol–water partition coefficient (Wildman–Crippen LogP) is 2.61. The summed E-state index contributed by atoms with van der Waals surface area (Å²) in [6.07, 6.45) is 1.49. The van der Waals surface area contributed by atoms with Crippen LogP contribution in [-0.4, -0.2) is 25.1 Å². The normalized spacial score (nSPS) is 10.2. The Morgan fingerprint density at radius 1 is 1.23 bits per heavy atom. The van der Waals surface area contributed by atoms with Crippen LogP contribution in [0.2, 0.25) is 5.02 Å². The maximum absolute atomic E-state index is 12.3. The van der Waals surface area contributed by atoms with Crippen LogP contribution in [0.5, 0.6) is 11.5 Å². The van der Waals surface area contributed by atoms with E-state index < -0.39 is 11.5 Å². The van der Waals surface area contributed by atoms with Crippen molar-refractivity contribution < 1.29 is 14.3 Å². The number of amides is 1. The Morgan fingerprint density at radius 2 is 1.91 bits per heavy atom. The van der Waals surface area contributed by atoms with Crippen LogP contribution in [0.1, 0.15) is 15.9 Å². The number of methoxy groups -OCH3 is 2. The number of aromatic amines is 1. The summed E-state index contributed by atoms with van der Waals surface area (Å²) in [5.74, 6) is 0.211. The molecule has 0 spiro atoms. The average molecular weight is 323 g/mol. The molecule has 116 valence electrons. The first kappa shape index (κ1) is 15.9. The number of nitrogens with one attached hydrogen (secondary N) is 2. The lowest BCUT2D eigenvalue weighted by Crippen LogP contribution is -2.24. The maximum atomic E-state index is 12.3. The second-order valence-electron chi connectivity index (χ2n) is 4.51. The highest BCUT2D eigenvalue weighted by atomic mass is 35.5. The number of pyridine rings is 1. The SMILES string of the molecule is COc1cc(NC(=O)c2c(C)cc[nH]c2=O)c(OC)cc1Cl. The summed E-state index contributed by atoms with van der Waals surface area (Å²) in [5.41, 5.74) is 0.508. The first-order valence-corrected chi connectivity index (χ1v) is 6.77. The molecule has 0 aliphatic rings. The largest absolute Gasteiger partial charge is 0.495 e. The second-order valence-corrected chi connectivity index (χ2v) is 4.91. The lowest BCUT2D eigenvalue weighted by atomic mass is 10.1. The fourth-order valence-corrected chi connectivity index (χ4v) is 2.23. The van der Waals surface area contributed by atoms with Crippen molar-refractivity contribution >= 4 is 23.2 Å². The number of carbonyl (C=O) groups is 1. The van der Waals surface area contributed by atoms with Gasteiger partial charge in [0.25, 0.3) is 11.5 Å². The molecule has 0 bridgehead atoms. The number of aryl methyl sites for hydroxylation is 1. The molecular formula is C15H15ClN2O4. The summed E-state index contributed by atoms with van der Waals surface area (Å²) in [7, 11) is 2.92. The van der Waals surface area contributed by atoms with Crippen LogP contribution >= 0.6 is 11.6 Å². The first-order valence-electron chi connectivity index (χ1n) is 6.39. The van der Waals surface area contributed by atoms with Crippen LogP contribution in [-0.2, 0) is 0 Å². The van der Waals surface area contributed by atoms with Gasteiger partial charge in [0.2, 0.25) is 0 Å². The molecule has 0 fully saturated rings. The van der Waals surface area contributed by atoms with Gasteiger partial charge in [-0.3, -0.25) is 9.59 Å². The van der Waals surface area contributed by atoms with E-state index in [4.69, 9.17) is 21.1 Å². The van der Waals surface area contributed by atoms with E-state index in [9.17, 15) is 9.59 Å². The fraction of sp³-hybridized carbons (Fsp3) is 0.200. The topological polar surface area (TPSA) is 80.4 Å². The van der Waals surface area contributed by atoms with Gasteiger partial charge in [-0.2, -0.15) is 0 Å². The molecule has 0 saturated carbocycles. The minimum absolute atomic E-state index is 0.0402. The number of H-pyrrole nitrogens is 1. The Balaban J connectivity index is 2.42. The molecule has 2 N–H and O–H groups in total. The number of anilines is 1. The van der Waals surface area contributed by atoms with Crippen molar-refractivity contribution in [3.8, 4) is 11.5 Å². The quantitative estimate of drug-likeness (QED) is 0.906. The third-order valence-electron chi connectivity index (χ3n) is 3.12. The number of ether oxygens (including phenoxy) is 2. The molecule has 6 nitrogen and oxygen atoms in total. The van der Waals surface area contributed by atoms with Crippen molar-refractivity contribution in [2.75, 3.05) is 19.5 Å². The van der Waals surface area contributed by atoms with Gasteiger partial charge in [0.1, 0.15) is 17.1 Å². The molecule has 0 unspecified atom stereocenters. The zero-order chi connectivity index (χ0) is 16.3. The molecule has 1 aromatic carbocycles. The van der Waals surface area contributed by atoms with Crippen molar-refractivity contribution in [3.63, 3.8) is 0 Å². The average Bonchev–Trinajstić information content (AvgIpc) is 2.48. The molecule has 0 radical (unpaired) electrons. The van der Waals surface area contributed by atoms with Gasteiger partial charge >= 0.3 is 0 Å². The smallest absolute Gasteiger partial charge is 0.261 e. The summed E-state index contributed by atoms with van der Waals surface area (Å²) >= 11 is 6.01. The molecule has 22 heavy (non-hydrogen) atoms. The molecule has 1 aromatic heterocycles. The molecule has 0 aliphatic carbocycles. The van der Waals surface area contributed by atoms with Crippen LogP contribution in [0, 0.1) is 6.92 Å². The minimum Gasteiger partial charge on any atom is -0.495 e. The van der Waals surface area contributed by atoms with Gasteiger partial charge in [-0.05, 0) is 18.6 Å². The number of carbonyl (C=O) groups excluding carboxylic acids is 1. The second kappa shape index (κ2) is 6.53. The van der Waals surface area contributed by atoms with Crippen LogP contribution < -0.4 is 20.3 Å². The lowest BCUT2D eigenvalue weighted by molar-refractivity contribution is 0.102. The summed E-state index contributed by atoms with van der Waals surface area (Å²) in [6, 6.07) is 4.71. The lowest BCUT2D eigenvalue weighted by Gasteiger charge is -2.13. The Labute approximate surface area is 132 Å². The van der Waals surface area contributed by atoms with Crippen LogP contribution in [0.3, 0.4) is 0 Å². The standard InChI is InChI=1S/C15H15ClN2O4/c1-8-4-5-17-14(19)13(8)15(20)18-10-7-11(21-2)9(16)6-12(10)22-3/h4-7H,1-3H3,(H,17,19)(H,18,20). The van der Waals surface area contributed by atoms with E-state index in [1.807, 2.05) is 0 Å². The predicted molar refractivity (Wildman–Crippen MR) is 84.3 cm³/mol. The number of hydrogen-bond acceptors (Lipinski definition) is 4. The van der Waals surface area contributed by atoms with Gasteiger partial charge in [0.05, 0.1) is 24.9 Å². The van der Waals surface area contributed by atoms with E-state index in [1.54, 1.807) is 13.0 Å². The molecule has 0 saturated heterocycles. The van der Waals surface area contributed by atoms with Gasteiger partial charge in [-0.15, -0.1) is 0 Å². The van der Waals surface area contributed by atoms with Crippen molar-refractivity contribution in [2.45, 2.75) is 6.92 Å². The molecule has 0 aliphatic heterocycles. The highest BCUT2D eigenvalue weighted by Gasteiger charge is 2.17. The Hall–Kier alpha value is -2.47. The zero-order valence-corrected chi connectivity index (χ0v) is 13.1. The van der Waals surface area contributed by atoms with Gasteiger partial charge < -0.3 is 19.8 Å². The molecule has 2 aromatic rings. The Morgan fingerprint density at radius 3 is 2.50 bits per heavy atom. The highest BCUT2D eigenvalue weighted by Crippen LogP contribution is 2.36. The van der Waals surface area contributed by atoms with Crippen LogP contribution in [0.25, 0.3) is 0 Å². The number of rotatable bonds is 4. The number of benzene rings is 1. The van der Waals surface area contributed by atoms with E-state index in [0.29, 0.717) is 27.8 Å². The van der Waals surface area contributed by atoms with E-state index in [2.05, 4.69) is 10.3 Å². The van der Waals surface area contributed by atoms with Crippen molar-refractivity contribution in [3.05, 3.63) is 50.9 Å². The maximum Gasteiger partial charge on any atom is 0.261 e. The van der Waals surface area contributed by atoms with Crippen molar-refractivity contribution in [1.29, 1.82) is 0 Å². The van der Waals surface area contributed by atoms with E-state index in [1.165, 1.54) is 32.5 Å². The first-order chi connectivity index (χ1) is 10.5. The summed E-state index contributed by atoms with van der Waals surface area (Å²) in [4.78, 5) is 26.6. The van der Waals surface area contributed by atoms with Gasteiger partial charge in [-0.25, -0.2) is 0 Å². The fourth-order valence-electron chi connectivity index (χ4n) is 2.00. The summed E-state index contributed by atoms with van der Waals surface area (Å²) in [5, 5.41) is 2.99. The third kappa shape index (κ3) is 3.07. The molecular weight excluding hydrogens is 308 g/mol. The highest BCUT2D eigenvalue weighted by molar-refractivity contribution is 6.32. The molecule has 1 amide bonds. The molecule has 2 rings (SSSR count). The number of aromatic nitrogens is 1. The zero-order valence-electron chi connectivity index (χ0n) is 12.3.